The normalized spacial score (nSPS) is 53.3. The van der Waals surface area contributed by atoms with Gasteiger partial charge >= 0.3 is 5.97 Å². The van der Waals surface area contributed by atoms with Gasteiger partial charge < -0.3 is 10.2 Å². The standard InChI is InChI=1S/C24H38O3/c1-15(4-9-22(26)27)19-7-8-20-18-6-5-16-14-17(25)10-12-23(16,2)21(18)11-13-24(19,20)3/h5,15,17-21,25H,4,6-14H2,1-3H3,(H,26,27)/t15-,17+,18+,19-,20+,21+,23+,24-/m1/s1/i10D2,14D2. The molecule has 3 saturated carbocycles. The van der Waals surface area contributed by atoms with Crippen LogP contribution in [-0.4, -0.2) is 22.3 Å². The summed E-state index contributed by atoms with van der Waals surface area (Å²) in [6.45, 7) is 6.65. The molecule has 0 radical (unpaired) electrons. The summed E-state index contributed by atoms with van der Waals surface area (Å²) in [4.78, 5) is 11.1. The minimum absolute atomic E-state index is 0.174. The predicted octanol–water partition coefficient (Wildman–Crippen LogP) is 5.43. The van der Waals surface area contributed by atoms with Gasteiger partial charge in [0.25, 0.3) is 0 Å². The Morgan fingerprint density at radius 2 is 2.07 bits per heavy atom. The number of carboxylic acids is 1. The first kappa shape index (κ1) is 15.1. The highest BCUT2D eigenvalue weighted by atomic mass is 16.4. The van der Waals surface area contributed by atoms with E-state index in [4.69, 9.17) is 10.6 Å². The molecule has 0 aromatic rings. The third-order valence-corrected chi connectivity index (χ3v) is 8.99. The van der Waals surface area contributed by atoms with Crippen molar-refractivity contribution in [2.24, 2.45) is 40.4 Å². The Kier molecular flexibility index (Phi) is 3.85. The van der Waals surface area contributed by atoms with Crippen LogP contribution in [0.15, 0.2) is 11.6 Å². The van der Waals surface area contributed by atoms with Crippen molar-refractivity contribution in [1.82, 2.24) is 0 Å². The lowest BCUT2D eigenvalue weighted by Crippen LogP contribution is -2.50. The van der Waals surface area contributed by atoms with Crippen molar-refractivity contribution in [3.63, 3.8) is 0 Å². The van der Waals surface area contributed by atoms with Crippen LogP contribution in [0.1, 0.15) is 90.4 Å². The number of rotatable bonds is 4. The highest BCUT2D eigenvalue weighted by molar-refractivity contribution is 5.66. The lowest BCUT2D eigenvalue weighted by atomic mass is 9.47. The van der Waals surface area contributed by atoms with Gasteiger partial charge in [-0.2, -0.15) is 0 Å². The number of aliphatic hydroxyl groups excluding tert-OH is 1. The van der Waals surface area contributed by atoms with Crippen LogP contribution >= 0.6 is 0 Å². The van der Waals surface area contributed by atoms with Gasteiger partial charge in [0.1, 0.15) is 0 Å². The molecule has 0 aromatic carbocycles. The molecule has 2 N–H and O–H groups in total. The monoisotopic (exact) mass is 378 g/mol. The molecule has 0 aromatic heterocycles. The first-order valence-corrected chi connectivity index (χ1v) is 10.9. The van der Waals surface area contributed by atoms with E-state index in [2.05, 4.69) is 13.8 Å². The largest absolute Gasteiger partial charge is 0.481 e. The van der Waals surface area contributed by atoms with Crippen molar-refractivity contribution in [1.29, 1.82) is 0 Å². The maximum Gasteiger partial charge on any atom is 0.303 e. The first-order chi connectivity index (χ1) is 14.2. The molecule has 0 bridgehead atoms. The van der Waals surface area contributed by atoms with E-state index in [0.29, 0.717) is 29.2 Å². The summed E-state index contributed by atoms with van der Waals surface area (Å²) in [5, 5.41) is 19.6. The second-order valence-corrected chi connectivity index (χ2v) is 10.2. The third kappa shape index (κ3) is 3.09. The predicted molar refractivity (Wildman–Crippen MR) is 107 cm³/mol. The summed E-state index contributed by atoms with van der Waals surface area (Å²) < 4.78 is 33.9. The van der Waals surface area contributed by atoms with Crippen molar-refractivity contribution in [2.45, 2.75) is 91.0 Å². The Morgan fingerprint density at radius 1 is 1.30 bits per heavy atom. The van der Waals surface area contributed by atoms with Gasteiger partial charge in [0, 0.05) is 11.9 Å². The Labute approximate surface area is 170 Å². The molecule has 0 amide bonds. The van der Waals surface area contributed by atoms with E-state index >= 15 is 0 Å². The van der Waals surface area contributed by atoms with Crippen molar-refractivity contribution < 1.29 is 20.5 Å². The zero-order valence-electron chi connectivity index (χ0n) is 21.0. The number of hydrogen-bond acceptors (Lipinski definition) is 2. The zero-order chi connectivity index (χ0) is 23.0. The fourth-order valence-electron chi connectivity index (χ4n) is 7.58. The van der Waals surface area contributed by atoms with Crippen LogP contribution in [0, 0.1) is 40.4 Å². The highest BCUT2D eigenvalue weighted by Crippen LogP contribution is 2.67. The maximum atomic E-state index is 11.1. The molecule has 4 aliphatic carbocycles. The second kappa shape index (κ2) is 6.90. The SMILES string of the molecule is [2H]C1([2H])C[C@@]2(C)C(=CC[C@H]3[C@@H]4CC[C@H]([C@H](C)CCC(=O)O)[C@@]4(C)CC[C@@H]32)C([2H])([2H])[C@H]1O. The summed E-state index contributed by atoms with van der Waals surface area (Å²) in [6.07, 6.45) is 2.57. The number of carboxylic acid groups (broad SMARTS) is 1. The summed E-state index contributed by atoms with van der Waals surface area (Å²) in [6, 6.07) is 0. The highest BCUT2D eigenvalue weighted by Gasteiger charge is 2.59. The molecular weight excluding hydrogens is 336 g/mol. The molecule has 3 fully saturated rings. The van der Waals surface area contributed by atoms with Gasteiger partial charge in [0.2, 0.25) is 0 Å². The molecular formula is C24H38O3. The lowest BCUT2D eigenvalue weighted by Gasteiger charge is -2.58. The summed E-state index contributed by atoms with van der Waals surface area (Å²) in [7, 11) is 0. The first-order valence-electron chi connectivity index (χ1n) is 12.9. The lowest BCUT2D eigenvalue weighted by molar-refractivity contribution is -0.137. The van der Waals surface area contributed by atoms with Crippen LogP contribution in [0.5, 0.6) is 0 Å². The number of aliphatic hydroxyl groups is 1. The number of hydrogen-bond donors (Lipinski definition) is 2. The van der Waals surface area contributed by atoms with Crippen LogP contribution in [-0.2, 0) is 4.79 Å². The molecule has 8 atom stereocenters. The average molecular weight is 379 g/mol. The van der Waals surface area contributed by atoms with E-state index in [9.17, 15) is 9.90 Å². The number of allylic oxidation sites excluding steroid dienone is 1. The maximum absolute atomic E-state index is 11.1. The van der Waals surface area contributed by atoms with Crippen molar-refractivity contribution >= 4 is 5.97 Å². The number of fused-ring (bicyclic) bond motifs is 5. The number of aliphatic carboxylic acids is 1. The molecule has 0 aliphatic heterocycles. The Balaban J connectivity index is 1.63. The fourth-order valence-corrected chi connectivity index (χ4v) is 7.58. The molecule has 0 heterocycles. The molecule has 27 heavy (non-hydrogen) atoms. The van der Waals surface area contributed by atoms with Crippen LogP contribution in [0.2, 0.25) is 0 Å². The smallest absolute Gasteiger partial charge is 0.303 e. The van der Waals surface area contributed by atoms with E-state index in [-0.39, 0.29) is 24.2 Å². The molecule has 4 aliphatic rings. The minimum Gasteiger partial charge on any atom is -0.481 e. The summed E-state index contributed by atoms with van der Waals surface area (Å²) >= 11 is 0. The molecule has 0 saturated heterocycles. The molecule has 152 valence electrons. The van der Waals surface area contributed by atoms with Gasteiger partial charge in [0.05, 0.1) is 6.10 Å². The van der Waals surface area contributed by atoms with Gasteiger partial charge in [-0.3, -0.25) is 4.79 Å². The molecule has 3 heteroatoms. The molecule has 0 unspecified atom stereocenters. The van der Waals surface area contributed by atoms with E-state index in [1.807, 2.05) is 13.0 Å². The van der Waals surface area contributed by atoms with Gasteiger partial charge in [-0.25, -0.2) is 0 Å². The van der Waals surface area contributed by atoms with Crippen LogP contribution < -0.4 is 0 Å². The third-order valence-electron chi connectivity index (χ3n) is 8.99. The van der Waals surface area contributed by atoms with Crippen molar-refractivity contribution in [3.05, 3.63) is 11.6 Å². The molecule has 4 rings (SSSR count). The van der Waals surface area contributed by atoms with Crippen LogP contribution in [0.4, 0.5) is 0 Å². The molecule has 3 nitrogen and oxygen atoms in total. The Hall–Kier alpha value is -0.830. The van der Waals surface area contributed by atoms with Gasteiger partial charge in [0.15, 0.2) is 0 Å². The van der Waals surface area contributed by atoms with E-state index in [1.165, 1.54) is 0 Å². The minimum atomic E-state index is -2.04. The van der Waals surface area contributed by atoms with Gasteiger partial charge in [-0.15, -0.1) is 0 Å². The second-order valence-electron chi connectivity index (χ2n) is 10.2. The topological polar surface area (TPSA) is 57.5 Å². The Bertz CT molecular complexity index is 781. The van der Waals surface area contributed by atoms with E-state index in [0.717, 1.165) is 38.5 Å². The van der Waals surface area contributed by atoms with Crippen molar-refractivity contribution in [3.8, 4) is 0 Å². The van der Waals surface area contributed by atoms with Crippen LogP contribution in [0.25, 0.3) is 0 Å². The van der Waals surface area contributed by atoms with Crippen molar-refractivity contribution in [2.75, 3.05) is 0 Å². The Morgan fingerprint density at radius 3 is 2.81 bits per heavy atom. The number of carbonyl (C=O) groups is 1. The quantitative estimate of drug-likeness (QED) is 0.642. The van der Waals surface area contributed by atoms with Gasteiger partial charge in [-0.1, -0.05) is 32.4 Å². The molecule has 0 spiro atoms. The summed E-state index contributed by atoms with van der Waals surface area (Å²) in [5.74, 6) is 1.32. The average Bonchev–Trinajstić information content (AvgIpc) is 3.01. The van der Waals surface area contributed by atoms with Crippen LogP contribution in [0.3, 0.4) is 0 Å². The van der Waals surface area contributed by atoms with E-state index in [1.54, 1.807) is 0 Å². The fraction of sp³-hybridized carbons (Fsp3) is 0.875. The summed E-state index contributed by atoms with van der Waals surface area (Å²) in [5.41, 5.74) is 0.230. The van der Waals surface area contributed by atoms with E-state index < -0.39 is 30.2 Å². The van der Waals surface area contributed by atoms with Gasteiger partial charge in [-0.05, 0) is 98.1 Å². The zero-order valence-corrected chi connectivity index (χ0v) is 17.0.